The highest BCUT2D eigenvalue weighted by Gasteiger charge is 2.28. The molecule has 0 aliphatic carbocycles. The molecule has 0 N–H and O–H groups in total. The number of nitrogens with zero attached hydrogens (tertiary/aromatic N) is 3. The first-order valence-electron chi connectivity index (χ1n) is 14.8. The van der Waals surface area contributed by atoms with Crippen molar-refractivity contribution in [1.82, 2.24) is 9.88 Å². The van der Waals surface area contributed by atoms with E-state index >= 15 is 0 Å². The molecule has 2 aromatic rings. The molecular weight excluding hydrogens is 490 g/mol. The molecule has 0 radical (unpaired) electrons. The fourth-order valence-corrected chi connectivity index (χ4v) is 5.09. The third-order valence-corrected chi connectivity index (χ3v) is 7.52. The van der Waals surface area contributed by atoms with Crippen LogP contribution < -0.4 is 4.90 Å². The first kappa shape index (κ1) is 29.1. The highest BCUT2D eigenvalue weighted by atomic mass is 16.7. The quantitative estimate of drug-likeness (QED) is 0.203. The summed E-state index contributed by atoms with van der Waals surface area (Å²) in [6.07, 6.45) is 11.8. The van der Waals surface area contributed by atoms with E-state index in [4.69, 9.17) is 19.2 Å². The number of ether oxygens (including phenoxy) is 3. The molecule has 0 spiro atoms. The van der Waals surface area contributed by atoms with Crippen LogP contribution in [0.1, 0.15) is 76.3 Å². The first-order valence-corrected chi connectivity index (χ1v) is 14.8. The van der Waals surface area contributed by atoms with Crippen molar-refractivity contribution in [2.45, 2.75) is 78.1 Å². The summed E-state index contributed by atoms with van der Waals surface area (Å²) < 4.78 is 17.8. The van der Waals surface area contributed by atoms with Gasteiger partial charge in [-0.05, 0) is 67.4 Å². The first-order chi connectivity index (χ1) is 19.2. The smallest absolute Gasteiger partial charge is 0.414 e. The van der Waals surface area contributed by atoms with Crippen molar-refractivity contribution in [3.8, 4) is 0 Å². The Hall–Kier alpha value is -2.90. The number of piperidine rings is 1. The van der Waals surface area contributed by atoms with E-state index in [2.05, 4.69) is 30.9 Å². The fraction of sp³-hybridized carbons (Fsp3) is 0.562. The molecule has 39 heavy (non-hydrogen) atoms. The van der Waals surface area contributed by atoms with Gasteiger partial charge in [0.1, 0.15) is 12.4 Å². The third-order valence-electron chi connectivity index (χ3n) is 7.52. The van der Waals surface area contributed by atoms with Crippen LogP contribution in [0, 0.1) is 5.92 Å². The molecule has 0 unspecified atom stereocenters. The second-order valence-electron chi connectivity index (χ2n) is 10.5. The SMILES string of the molecule is CCCCOC(OCCCC)C1CCN(c2ccc(C3=CN(C(=O)OCc4ccccc4)CCC3)cn2)CC1. The Kier molecular flexibility index (Phi) is 11.7. The number of hydrogen-bond acceptors (Lipinski definition) is 6. The molecule has 1 fully saturated rings. The minimum absolute atomic E-state index is 0.0962. The number of hydrogen-bond donors (Lipinski definition) is 0. The molecule has 4 rings (SSSR count). The molecule has 1 aromatic heterocycles. The zero-order valence-electron chi connectivity index (χ0n) is 23.7. The zero-order chi connectivity index (χ0) is 27.3. The Balaban J connectivity index is 1.29. The number of rotatable bonds is 13. The Morgan fingerprint density at radius 2 is 1.69 bits per heavy atom. The zero-order valence-corrected chi connectivity index (χ0v) is 23.7. The van der Waals surface area contributed by atoms with Gasteiger partial charge in [-0.3, -0.25) is 4.90 Å². The van der Waals surface area contributed by atoms with E-state index in [9.17, 15) is 4.79 Å². The van der Waals surface area contributed by atoms with Crippen LogP contribution in [-0.4, -0.2) is 55.1 Å². The topological polar surface area (TPSA) is 64.1 Å². The van der Waals surface area contributed by atoms with Crippen molar-refractivity contribution >= 4 is 17.5 Å². The van der Waals surface area contributed by atoms with Crippen molar-refractivity contribution < 1.29 is 19.0 Å². The molecule has 0 saturated carbocycles. The molecule has 1 aromatic carbocycles. The second kappa shape index (κ2) is 15.6. The number of carbonyl (C=O) groups is 1. The molecule has 1 amide bonds. The van der Waals surface area contributed by atoms with Crippen LogP contribution in [-0.2, 0) is 20.8 Å². The Morgan fingerprint density at radius 3 is 2.33 bits per heavy atom. The summed E-state index contributed by atoms with van der Waals surface area (Å²) in [7, 11) is 0. The standard InChI is InChI=1S/C32H45N3O4/c1-3-5-21-37-31(38-22-6-4-2)27-16-19-34(20-17-27)30-15-14-28(23-33-30)29-13-10-18-35(24-29)32(36)39-25-26-11-8-7-9-12-26/h7-9,11-12,14-15,23-24,27,31H,3-6,10,13,16-22,25H2,1-2H3. The van der Waals surface area contributed by atoms with Crippen molar-refractivity contribution in [1.29, 1.82) is 0 Å². The highest BCUT2D eigenvalue weighted by molar-refractivity contribution is 5.74. The summed E-state index contributed by atoms with van der Waals surface area (Å²) in [5.41, 5.74) is 3.16. The van der Waals surface area contributed by atoms with Crippen LogP contribution in [0.5, 0.6) is 0 Å². The molecule has 7 heteroatoms. The van der Waals surface area contributed by atoms with Gasteiger partial charge in [-0.2, -0.15) is 0 Å². The maximum absolute atomic E-state index is 12.6. The van der Waals surface area contributed by atoms with E-state index in [1.54, 1.807) is 4.90 Å². The van der Waals surface area contributed by atoms with Gasteiger partial charge in [0.05, 0.1) is 0 Å². The summed E-state index contributed by atoms with van der Waals surface area (Å²) in [5.74, 6) is 1.43. The molecule has 0 bridgehead atoms. The molecule has 3 heterocycles. The molecule has 1 saturated heterocycles. The van der Waals surface area contributed by atoms with Gasteiger partial charge in [-0.1, -0.05) is 57.0 Å². The maximum atomic E-state index is 12.6. The normalized spacial score (nSPS) is 16.4. The monoisotopic (exact) mass is 535 g/mol. The van der Waals surface area contributed by atoms with Crippen LogP contribution in [0.25, 0.3) is 5.57 Å². The minimum Gasteiger partial charge on any atom is -0.444 e. The van der Waals surface area contributed by atoms with Crippen molar-refractivity contribution in [3.63, 3.8) is 0 Å². The number of pyridine rings is 1. The number of amides is 1. The number of aromatic nitrogens is 1. The Bertz CT molecular complexity index is 1010. The van der Waals surface area contributed by atoms with E-state index in [-0.39, 0.29) is 19.0 Å². The van der Waals surface area contributed by atoms with Crippen molar-refractivity contribution in [3.05, 3.63) is 66.0 Å². The van der Waals surface area contributed by atoms with E-state index in [0.29, 0.717) is 12.5 Å². The summed E-state index contributed by atoms with van der Waals surface area (Å²) in [5, 5.41) is 0. The number of carbonyl (C=O) groups excluding carboxylic acids is 1. The van der Waals surface area contributed by atoms with Crippen LogP contribution >= 0.6 is 0 Å². The molecule has 0 atom stereocenters. The summed E-state index contributed by atoms with van der Waals surface area (Å²) in [6, 6.07) is 14.0. The number of benzene rings is 1. The second-order valence-corrected chi connectivity index (χ2v) is 10.5. The van der Waals surface area contributed by atoms with E-state index in [1.807, 2.05) is 42.7 Å². The molecule has 2 aliphatic rings. The lowest BCUT2D eigenvalue weighted by atomic mass is 9.95. The van der Waals surface area contributed by atoms with E-state index in [1.165, 1.54) is 0 Å². The van der Waals surface area contributed by atoms with Crippen molar-refractivity contribution in [2.24, 2.45) is 5.92 Å². The van der Waals surface area contributed by atoms with Crippen LogP contribution in [0.15, 0.2) is 54.9 Å². The molecule has 212 valence electrons. The fourth-order valence-electron chi connectivity index (χ4n) is 5.09. The van der Waals surface area contributed by atoms with Crippen LogP contribution in [0.2, 0.25) is 0 Å². The number of unbranched alkanes of at least 4 members (excludes halogenated alkanes) is 2. The van der Waals surface area contributed by atoms with Gasteiger partial charge in [0.2, 0.25) is 0 Å². The largest absolute Gasteiger partial charge is 0.444 e. The average Bonchev–Trinajstić information content (AvgIpc) is 3.00. The summed E-state index contributed by atoms with van der Waals surface area (Å²) >= 11 is 0. The van der Waals surface area contributed by atoms with Gasteiger partial charge >= 0.3 is 6.09 Å². The highest BCUT2D eigenvalue weighted by Crippen LogP contribution is 2.29. The molecule has 7 nitrogen and oxygen atoms in total. The number of anilines is 1. The lowest BCUT2D eigenvalue weighted by Crippen LogP contribution is -2.40. The van der Waals surface area contributed by atoms with Crippen molar-refractivity contribution in [2.75, 3.05) is 37.7 Å². The molecule has 2 aliphatic heterocycles. The van der Waals surface area contributed by atoms with E-state index in [0.717, 1.165) is 100 Å². The van der Waals surface area contributed by atoms with Gasteiger partial charge in [0, 0.05) is 51.2 Å². The van der Waals surface area contributed by atoms with Gasteiger partial charge in [0.25, 0.3) is 0 Å². The van der Waals surface area contributed by atoms with Gasteiger partial charge in [-0.25, -0.2) is 9.78 Å². The van der Waals surface area contributed by atoms with Gasteiger partial charge in [0.15, 0.2) is 6.29 Å². The predicted octanol–water partition coefficient (Wildman–Crippen LogP) is 7.03. The third kappa shape index (κ3) is 8.80. The Morgan fingerprint density at radius 1 is 0.974 bits per heavy atom. The van der Waals surface area contributed by atoms with Gasteiger partial charge < -0.3 is 19.1 Å². The number of allylic oxidation sites excluding steroid dienone is 1. The predicted molar refractivity (Wildman–Crippen MR) is 155 cm³/mol. The van der Waals surface area contributed by atoms with Gasteiger partial charge in [-0.15, -0.1) is 0 Å². The maximum Gasteiger partial charge on any atom is 0.414 e. The minimum atomic E-state index is -0.306. The Labute approximate surface area is 234 Å². The lowest BCUT2D eigenvalue weighted by molar-refractivity contribution is -0.177. The van der Waals surface area contributed by atoms with Crippen LogP contribution in [0.4, 0.5) is 10.6 Å². The lowest BCUT2D eigenvalue weighted by Gasteiger charge is -2.36. The average molecular weight is 536 g/mol. The summed E-state index contributed by atoms with van der Waals surface area (Å²) in [4.78, 5) is 21.5. The van der Waals surface area contributed by atoms with Crippen LogP contribution in [0.3, 0.4) is 0 Å². The molecular formula is C32H45N3O4. The van der Waals surface area contributed by atoms with E-state index < -0.39 is 0 Å². The summed E-state index contributed by atoms with van der Waals surface area (Å²) in [6.45, 7) is 8.77.